The zero-order valence-corrected chi connectivity index (χ0v) is 8.78. The van der Waals surface area contributed by atoms with E-state index in [9.17, 15) is 9.59 Å². The average Bonchev–Trinajstić information content (AvgIpc) is 2.19. The van der Waals surface area contributed by atoms with Crippen LogP contribution in [-0.2, 0) is 11.2 Å². The molecule has 0 saturated carbocycles. The molecule has 0 spiro atoms. The number of nitrogens with one attached hydrogen (secondary N) is 1. The van der Waals surface area contributed by atoms with E-state index >= 15 is 0 Å². The van der Waals surface area contributed by atoms with Gasteiger partial charge < -0.3 is 10.1 Å². The van der Waals surface area contributed by atoms with Gasteiger partial charge in [0, 0.05) is 17.1 Å². The molecule has 0 atom stereocenters. The number of carbonyl (C=O) groups is 1. The Hall–Kier alpha value is -1.88. The van der Waals surface area contributed by atoms with Crippen molar-refractivity contribution in [3.05, 3.63) is 39.3 Å². The Bertz CT molecular complexity index is 621. The number of fused-ring (bicyclic) bond motifs is 1. The number of hydrogen-bond acceptors (Lipinski definition) is 3. The second-order valence-corrected chi connectivity index (χ2v) is 3.72. The van der Waals surface area contributed by atoms with Crippen LogP contribution < -0.4 is 5.56 Å². The Labute approximate surface area is 94.7 Å². The summed E-state index contributed by atoms with van der Waals surface area (Å²) in [6.07, 6.45) is 1.09. The van der Waals surface area contributed by atoms with Crippen molar-refractivity contribution in [1.82, 2.24) is 9.97 Å². The number of H-pyrrole nitrogens is 1. The highest BCUT2D eigenvalue weighted by Crippen LogP contribution is 2.14. The van der Waals surface area contributed by atoms with Gasteiger partial charge in [0.2, 0.25) is 0 Å². The summed E-state index contributed by atoms with van der Waals surface area (Å²) in [7, 11) is 0. The lowest BCUT2D eigenvalue weighted by Crippen LogP contribution is -2.16. The highest BCUT2D eigenvalue weighted by atomic mass is 35.5. The first-order valence-electron chi connectivity index (χ1n) is 4.45. The van der Waals surface area contributed by atoms with Crippen LogP contribution in [0.2, 0.25) is 5.02 Å². The van der Waals surface area contributed by atoms with Crippen molar-refractivity contribution in [3.63, 3.8) is 0 Å². The van der Waals surface area contributed by atoms with Crippen molar-refractivity contribution >= 4 is 28.6 Å². The molecule has 0 aliphatic rings. The summed E-state index contributed by atoms with van der Waals surface area (Å²) in [5, 5.41) is 9.67. The van der Waals surface area contributed by atoms with Crippen molar-refractivity contribution in [3.8, 4) is 0 Å². The molecule has 2 aromatic heterocycles. The van der Waals surface area contributed by atoms with E-state index in [1.165, 1.54) is 12.3 Å². The van der Waals surface area contributed by atoms with Gasteiger partial charge in [-0.2, -0.15) is 0 Å². The molecule has 82 valence electrons. The van der Waals surface area contributed by atoms with Crippen LogP contribution in [0.25, 0.3) is 11.0 Å². The normalized spacial score (nSPS) is 10.6. The molecule has 0 saturated heterocycles. The highest BCUT2D eigenvalue weighted by Gasteiger charge is 2.07. The molecule has 2 N–H and O–H groups in total. The Kier molecular flexibility index (Phi) is 2.62. The maximum atomic E-state index is 11.5. The Morgan fingerprint density at radius 3 is 2.94 bits per heavy atom. The molecular weight excluding hydrogens is 232 g/mol. The Morgan fingerprint density at radius 1 is 1.50 bits per heavy atom. The van der Waals surface area contributed by atoms with Crippen LogP contribution in [0, 0.1) is 0 Å². The number of nitrogens with zero attached hydrogens (tertiary/aromatic N) is 1. The van der Waals surface area contributed by atoms with Gasteiger partial charge in [0.1, 0.15) is 5.65 Å². The van der Waals surface area contributed by atoms with Gasteiger partial charge >= 0.3 is 5.97 Å². The third kappa shape index (κ3) is 2.04. The maximum absolute atomic E-state index is 11.5. The third-order valence-corrected chi connectivity index (χ3v) is 2.29. The van der Waals surface area contributed by atoms with Crippen LogP contribution in [0.1, 0.15) is 5.56 Å². The van der Waals surface area contributed by atoms with Crippen LogP contribution in [0.15, 0.2) is 23.1 Å². The number of rotatable bonds is 2. The van der Waals surface area contributed by atoms with Gasteiger partial charge in [0.05, 0.1) is 11.4 Å². The fourth-order valence-electron chi connectivity index (χ4n) is 1.40. The van der Waals surface area contributed by atoms with E-state index < -0.39 is 11.5 Å². The van der Waals surface area contributed by atoms with Crippen LogP contribution in [0.3, 0.4) is 0 Å². The van der Waals surface area contributed by atoms with E-state index in [1.54, 1.807) is 6.07 Å². The van der Waals surface area contributed by atoms with E-state index in [1.807, 2.05) is 0 Å². The van der Waals surface area contributed by atoms with Gasteiger partial charge in [-0.15, -0.1) is 0 Å². The molecule has 2 rings (SSSR count). The predicted molar refractivity (Wildman–Crippen MR) is 58.7 cm³/mol. The molecule has 0 bridgehead atoms. The number of pyridine rings is 2. The molecule has 0 radical (unpaired) electrons. The van der Waals surface area contributed by atoms with Gasteiger partial charge in [-0.25, -0.2) is 4.98 Å². The van der Waals surface area contributed by atoms with Gasteiger partial charge in [0.25, 0.3) is 5.56 Å². The topological polar surface area (TPSA) is 83.0 Å². The van der Waals surface area contributed by atoms with E-state index in [2.05, 4.69) is 9.97 Å². The molecule has 0 fully saturated rings. The van der Waals surface area contributed by atoms with Crippen molar-refractivity contribution in [2.45, 2.75) is 6.42 Å². The van der Waals surface area contributed by atoms with Gasteiger partial charge in [0.15, 0.2) is 0 Å². The number of carboxylic acids is 1. The summed E-state index contributed by atoms with van der Waals surface area (Å²) in [6.45, 7) is 0. The molecule has 0 aliphatic carbocycles. The first kappa shape index (κ1) is 10.6. The number of halogens is 1. The first-order valence-corrected chi connectivity index (χ1v) is 4.83. The predicted octanol–water partition coefficient (Wildman–Crippen LogP) is 1.20. The maximum Gasteiger partial charge on any atom is 0.308 e. The molecular formula is C10H7ClN2O3. The standard InChI is InChI=1S/C10H7ClN2O3/c11-7-2-5-1-6(3-8(14)15)10(16)13-9(5)12-4-7/h1-2,4H,3H2,(H,14,15)(H,12,13,16). The lowest BCUT2D eigenvalue weighted by atomic mass is 10.1. The molecule has 0 unspecified atom stereocenters. The number of carboxylic acid groups (broad SMARTS) is 1. The van der Waals surface area contributed by atoms with E-state index in [4.69, 9.17) is 16.7 Å². The number of aromatic amines is 1. The van der Waals surface area contributed by atoms with Gasteiger partial charge in [-0.3, -0.25) is 9.59 Å². The summed E-state index contributed by atoms with van der Waals surface area (Å²) < 4.78 is 0. The molecule has 5 nitrogen and oxygen atoms in total. The van der Waals surface area contributed by atoms with Gasteiger partial charge in [-0.05, 0) is 12.1 Å². The largest absolute Gasteiger partial charge is 0.481 e. The molecule has 6 heteroatoms. The zero-order chi connectivity index (χ0) is 11.7. The second kappa shape index (κ2) is 3.94. The minimum absolute atomic E-state index is 0.184. The van der Waals surface area contributed by atoms with Crippen molar-refractivity contribution in [2.24, 2.45) is 0 Å². The van der Waals surface area contributed by atoms with E-state index in [-0.39, 0.29) is 12.0 Å². The van der Waals surface area contributed by atoms with Crippen molar-refractivity contribution < 1.29 is 9.90 Å². The minimum Gasteiger partial charge on any atom is -0.481 e. The average molecular weight is 239 g/mol. The number of hydrogen-bond donors (Lipinski definition) is 2. The molecule has 2 heterocycles. The smallest absolute Gasteiger partial charge is 0.308 e. The molecule has 0 aliphatic heterocycles. The monoisotopic (exact) mass is 238 g/mol. The van der Waals surface area contributed by atoms with Crippen LogP contribution in [0.4, 0.5) is 0 Å². The fraction of sp³-hybridized carbons (Fsp3) is 0.100. The SMILES string of the molecule is O=C(O)Cc1cc2cc(Cl)cnc2[nH]c1=O. The number of aromatic nitrogens is 2. The summed E-state index contributed by atoms with van der Waals surface area (Å²) in [6, 6.07) is 3.10. The summed E-state index contributed by atoms with van der Waals surface area (Å²) in [5.74, 6) is -1.06. The molecule has 0 aromatic carbocycles. The summed E-state index contributed by atoms with van der Waals surface area (Å²) in [5.41, 5.74) is 0.136. The highest BCUT2D eigenvalue weighted by molar-refractivity contribution is 6.31. The lowest BCUT2D eigenvalue weighted by Gasteiger charge is -2.00. The summed E-state index contributed by atoms with van der Waals surface area (Å²) >= 11 is 5.75. The first-order chi connectivity index (χ1) is 7.56. The van der Waals surface area contributed by atoms with E-state index in [0.29, 0.717) is 16.1 Å². The van der Waals surface area contributed by atoms with Crippen LogP contribution in [0.5, 0.6) is 0 Å². The Morgan fingerprint density at radius 2 is 2.25 bits per heavy atom. The van der Waals surface area contributed by atoms with Crippen LogP contribution >= 0.6 is 11.6 Å². The quantitative estimate of drug-likeness (QED) is 0.824. The van der Waals surface area contributed by atoms with Gasteiger partial charge in [-0.1, -0.05) is 11.6 Å². The lowest BCUT2D eigenvalue weighted by molar-refractivity contribution is -0.136. The molecule has 2 aromatic rings. The second-order valence-electron chi connectivity index (χ2n) is 3.29. The van der Waals surface area contributed by atoms with E-state index in [0.717, 1.165) is 0 Å². The summed E-state index contributed by atoms with van der Waals surface area (Å²) in [4.78, 5) is 28.4. The van der Waals surface area contributed by atoms with Crippen molar-refractivity contribution in [2.75, 3.05) is 0 Å². The Balaban J connectivity index is 2.64. The molecule has 16 heavy (non-hydrogen) atoms. The zero-order valence-electron chi connectivity index (χ0n) is 8.03. The minimum atomic E-state index is -1.06. The number of aliphatic carboxylic acids is 1. The fourth-order valence-corrected chi connectivity index (χ4v) is 1.57. The van der Waals surface area contributed by atoms with Crippen LogP contribution in [-0.4, -0.2) is 21.0 Å². The third-order valence-electron chi connectivity index (χ3n) is 2.08. The van der Waals surface area contributed by atoms with Crippen molar-refractivity contribution in [1.29, 1.82) is 0 Å². The molecule has 0 amide bonds.